The van der Waals surface area contributed by atoms with Crippen molar-refractivity contribution in [1.29, 1.82) is 10.5 Å². The third kappa shape index (κ3) is 10.3. The summed E-state index contributed by atoms with van der Waals surface area (Å²) in [6, 6.07) is 4.07. The first-order chi connectivity index (χ1) is 10.1. The first-order valence-corrected chi connectivity index (χ1v) is 9.41. The lowest BCUT2D eigenvalue weighted by atomic mass is 10.2. The Labute approximate surface area is 129 Å². The first-order valence-electron chi connectivity index (χ1n) is 7.80. The number of hydrogen-bond acceptors (Lipinski definition) is 4. The second-order valence-electron chi connectivity index (χ2n) is 5.15. The van der Waals surface area contributed by atoms with Crippen molar-refractivity contribution in [1.82, 2.24) is 4.31 Å². The Hall–Kier alpha value is -1.11. The fourth-order valence-electron chi connectivity index (χ4n) is 2.08. The topological polar surface area (TPSA) is 85.0 Å². The molecular formula is C15H27N3O2S. The van der Waals surface area contributed by atoms with Crippen LogP contribution in [0.4, 0.5) is 0 Å². The second-order valence-corrected chi connectivity index (χ2v) is 7.24. The van der Waals surface area contributed by atoms with Crippen molar-refractivity contribution in [2.75, 3.05) is 18.8 Å². The summed E-state index contributed by atoms with van der Waals surface area (Å²) in [5.41, 5.74) is 0. The zero-order chi connectivity index (χ0) is 16.0. The van der Waals surface area contributed by atoms with Crippen LogP contribution in [0.5, 0.6) is 0 Å². The van der Waals surface area contributed by atoms with Crippen molar-refractivity contribution >= 4 is 10.0 Å². The average Bonchev–Trinajstić information content (AvgIpc) is 2.45. The van der Waals surface area contributed by atoms with Crippen LogP contribution in [0.1, 0.15) is 64.7 Å². The van der Waals surface area contributed by atoms with Gasteiger partial charge in [-0.2, -0.15) is 10.5 Å². The monoisotopic (exact) mass is 313 g/mol. The molecule has 0 aliphatic heterocycles. The number of sulfonamides is 1. The van der Waals surface area contributed by atoms with Gasteiger partial charge in [0.05, 0.1) is 17.9 Å². The highest BCUT2D eigenvalue weighted by Crippen LogP contribution is 2.11. The van der Waals surface area contributed by atoms with Crippen LogP contribution in [0.25, 0.3) is 0 Å². The Balaban J connectivity index is 4.33. The Kier molecular flexibility index (Phi) is 12.0. The predicted octanol–water partition coefficient (Wildman–Crippen LogP) is 3.20. The Morgan fingerprint density at radius 2 is 1.38 bits per heavy atom. The molecule has 0 radical (unpaired) electrons. The van der Waals surface area contributed by atoms with Gasteiger partial charge in [0, 0.05) is 25.9 Å². The normalized spacial score (nSPS) is 11.2. The van der Waals surface area contributed by atoms with Gasteiger partial charge in [-0.05, 0) is 19.3 Å². The number of hydrogen-bond donors (Lipinski definition) is 0. The smallest absolute Gasteiger partial charge is 0.212 e. The van der Waals surface area contributed by atoms with Crippen LogP contribution in [0.3, 0.4) is 0 Å². The Bertz CT molecular complexity index is 415. The lowest BCUT2D eigenvalue weighted by Crippen LogP contribution is -2.34. The van der Waals surface area contributed by atoms with Gasteiger partial charge < -0.3 is 0 Å². The molecule has 0 amide bonds. The lowest BCUT2D eigenvalue weighted by Gasteiger charge is -2.21. The van der Waals surface area contributed by atoms with E-state index >= 15 is 0 Å². The molecule has 0 saturated carbocycles. The van der Waals surface area contributed by atoms with Gasteiger partial charge in [-0.1, -0.05) is 32.6 Å². The van der Waals surface area contributed by atoms with E-state index in [0.717, 1.165) is 25.7 Å². The quantitative estimate of drug-likeness (QED) is 0.489. The van der Waals surface area contributed by atoms with E-state index < -0.39 is 10.0 Å². The average molecular weight is 313 g/mol. The molecule has 0 aromatic heterocycles. The van der Waals surface area contributed by atoms with Gasteiger partial charge in [0.25, 0.3) is 0 Å². The van der Waals surface area contributed by atoms with E-state index in [1.54, 1.807) is 0 Å². The van der Waals surface area contributed by atoms with Crippen LogP contribution in [0, 0.1) is 22.7 Å². The van der Waals surface area contributed by atoms with E-state index in [1.807, 2.05) is 12.1 Å². The third-order valence-corrected chi connectivity index (χ3v) is 5.25. The zero-order valence-electron chi connectivity index (χ0n) is 13.1. The number of rotatable bonds is 13. The van der Waals surface area contributed by atoms with Gasteiger partial charge in [-0.3, -0.25) is 0 Å². The molecule has 120 valence electrons. The fraction of sp³-hybridized carbons (Fsp3) is 0.867. The third-order valence-electron chi connectivity index (χ3n) is 3.29. The summed E-state index contributed by atoms with van der Waals surface area (Å²) in [5, 5.41) is 17.1. The highest BCUT2D eigenvalue weighted by molar-refractivity contribution is 7.89. The minimum Gasteiger partial charge on any atom is -0.212 e. The summed E-state index contributed by atoms with van der Waals surface area (Å²) < 4.78 is 26.1. The summed E-state index contributed by atoms with van der Waals surface area (Å²) in [6.07, 6.45) is 6.83. The number of unbranched alkanes of at least 4 members (excludes halogenated alkanes) is 6. The van der Waals surface area contributed by atoms with Crippen molar-refractivity contribution in [3.05, 3.63) is 0 Å². The minimum absolute atomic E-state index is 0.176. The van der Waals surface area contributed by atoms with Crippen LogP contribution < -0.4 is 0 Å². The summed E-state index contributed by atoms with van der Waals surface area (Å²) >= 11 is 0. The second kappa shape index (κ2) is 12.6. The molecule has 0 unspecified atom stereocenters. The maximum absolute atomic E-state index is 12.3. The molecular weight excluding hydrogens is 286 g/mol. The zero-order valence-corrected chi connectivity index (χ0v) is 13.9. The van der Waals surface area contributed by atoms with E-state index in [1.165, 1.54) is 4.31 Å². The molecule has 21 heavy (non-hydrogen) atoms. The summed E-state index contributed by atoms with van der Waals surface area (Å²) in [6.45, 7) is 2.90. The molecule has 0 bridgehead atoms. The molecule has 0 aromatic rings. The summed E-state index contributed by atoms with van der Waals surface area (Å²) in [4.78, 5) is 0. The van der Waals surface area contributed by atoms with Crippen molar-refractivity contribution in [2.45, 2.75) is 64.7 Å². The van der Waals surface area contributed by atoms with Gasteiger partial charge in [0.15, 0.2) is 0 Å². The van der Waals surface area contributed by atoms with Gasteiger partial charge >= 0.3 is 0 Å². The highest BCUT2D eigenvalue weighted by atomic mass is 32.2. The van der Waals surface area contributed by atoms with Crippen molar-refractivity contribution in [3.63, 3.8) is 0 Å². The van der Waals surface area contributed by atoms with Crippen LogP contribution in [-0.4, -0.2) is 31.6 Å². The van der Waals surface area contributed by atoms with Crippen LogP contribution in [-0.2, 0) is 10.0 Å². The molecule has 0 aliphatic carbocycles. The molecule has 0 heterocycles. The molecule has 5 nitrogen and oxygen atoms in total. The van der Waals surface area contributed by atoms with Crippen LogP contribution in [0.2, 0.25) is 0 Å². The van der Waals surface area contributed by atoms with Gasteiger partial charge in [0.2, 0.25) is 10.0 Å². The molecule has 6 heteroatoms. The SMILES string of the molecule is CCCCCCCS(=O)(=O)N(CCCC#N)CCCC#N. The summed E-state index contributed by atoms with van der Waals surface area (Å²) in [5.74, 6) is 0.176. The minimum atomic E-state index is -3.26. The van der Waals surface area contributed by atoms with Crippen LogP contribution in [0.15, 0.2) is 0 Å². The highest BCUT2D eigenvalue weighted by Gasteiger charge is 2.20. The lowest BCUT2D eigenvalue weighted by molar-refractivity contribution is 0.400. The maximum Gasteiger partial charge on any atom is 0.214 e. The van der Waals surface area contributed by atoms with Crippen molar-refractivity contribution in [3.8, 4) is 12.1 Å². The van der Waals surface area contributed by atoms with Crippen LogP contribution >= 0.6 is 0 Å². The number of nitrogens with zero attached hydrogens (tertiary/aromatic N) is 3. The van der Waals surface area contributed by atoms with E-state index in [2.05, 4.69) is 6.92 Å². The standard InChI is InChI=1S/C15H27N3O2S/c1-2-3-4-5-10-15-21(19,20)18(13-8-6-11-16)14-9-7-12-17/h2-10,13-15H2,1H3. The predicted molar refractivity (Wildman–Crippen MR) is 83.8 cm³/mol. The molecule has 0 aromatic carbocycles. The first kappa shape index (κ1) is 19.9. The van der Waals surface area contributed by atoms with E-state index in [-0.39, 0.29) is 5.75 Å². The molecule has 0 spiro atoms. The molecule has 0 N–H and O–H groups in total. The van der Waals surface area contributed by atoms with Gasteiger partial charge in [-0.15, -0.1) is 0 Å². The Morgan fingerprint density at radius 1 is 0.857 bits per heavy atom. The fourth-order valence-corrected chi connectivity index (χ4v) is 3.72. The molecule has 0 rings (SSSR count). The van der Waals surface area contributed by atoms with E-state index in [4.69, 9.17) is 10.5 Å². The van der Waals surface area contributed by atoms with Gasteiger partial charge in [0.1, 0.15) is 0 Å². The summed E-state index contributed by atoms with van der Waals surface area (Å²) in [7, 11) is -3.26. The van der Waals surface area contributed by atoms with Crippen molar-refractivity contribution in [2.24, 2.45) is 0 Å². The molecule has 0 aliphatic rings. The Morgan fingerprint density at radius 3 is 1.86 bits per heavy atom. The van der Waals surface area contributed by atoms with E-state index in [9.17, 15) is 8.42 Å². The largest absolute Gasteiger partial charge is 0.214 e. The van der Waals surface area contributed by atoms with Crippen molar-refractivity contribution < 1.29 is 8.42 Å². The molecule has 0 saturated heterocycles. The maximum atomic E-state index is 12.3. The molecule has 0 fully saturated rings. The molecule has 0 atom stereocenters. The number of nitriles is 2. The van der Waals surface area contributed by atoms with E-state index in [0.29, 0.717) is 45.2 Å². The van der Waals surface area contributed by atoms with Gasteiger partial charge in [-0.25, -0.2) is 12.7 Å².